The highest BCUT2D eigenvalue weighted by Crippen LogP contribution is 2.30. The summed E-state index contributed by atoms with van der Waals surface area (Å²) in [4.78, 5) is 1.35. The van der Waals surface area contributed by atoms with E-state index in [1.54, 1.807) is 0 Å². The molecule has 21 heavy (non-hydrogen) atoms. The van der Waals surface area contributed by atoms with Gasteiger partial charge in [-0.3, -0.25) is 0 Å². The van der Waals surface area contributed by atoms with Crippen molar-refractivity contribution in [3.05, 3.63) is 54.6 Å². The predicted octanol–water partition coefficient (Wildman–Crippen LogP) is 5.48. The van der Waals surface area contributed by atoms with Crippen LogP contribution in [0.4, 0.5) is 0 Å². The average Bonchev–Trinajstić information content (AvgIpc) is 2.57. The van der Waals surface area contributed by atoms with Gasteiger partial charge in [0, 0.05) is 18.0 Å². The largest absolute Gasteiger partial charge is 0.246 e. The first-order valence-corrected chi connectivity index (χ1v) is 8.71. The van der Waals surface area contributed by atoms with Gasteiger partial charge in [0.15, 0.2) is 0 Å². The third-order valence-electron chi connectivity index (χ3n) is 4.35. The normalized spacial score (nSPS) is 17.0. The van der Waals surface area contributed by atoms with Crippen LogP contribution in [0.3, 0.4) is 0 Å². The van der Waals surface area contributed by atoms with Crippen molar-refractivity contribution in [2.24, 2.45) is 5.92 Å². The summed E-state index contributed by atoms with van der Waals surface area (Å²) in [6.45, 7) is 4.77. The van der Waals surface area contributed by atoms with Gasteiger partial charge in [0.05, 0.1) is 0 Å². The van der Waals surface area contributed by atoms with E-state index < -0.39 is 0 Å². The van der Waals surface area contributed by atoms with Gasteiger partial charge in [-0.2, -0.15) is 0 Å². The minimum atomic E-state index is 0.947. The highest BCUT2D eigenvalue weighted by Gasteiger charge is 2.18. The fourth-order valence-corrected chi connectivity index (χ4v) is 3.85. The highest BCUT2D eigenvalue weighted by molar-refractivity contribution is 7.97. The molecule has 1 nitrogen and oxygen atoms in total. The molecule has 1 saturated heterocycles. The fourth-order valence-electron chi connectivity index (χ4n) is 2.90. The van der Waals surface area contributed by atoms with Crippen LogP contribution in [0.15, 0.2) is 59.5 Å². The van der Waals surface area contributed by atoms with Crippen molar-refractivity contribution in [3.8, 4) is 11.1 Å². The zero-order valence-electron chi connectivity index (χ0n) is 12.7. The molecule has 0 spiro atoms. The van der Waals surface area contributed by atoms with Crippen LogP contribution in [-0.4, -0.2) is 17.4 Å². The lowest BCUT2D eigenvalue weighted by Crippen LogP contribution is -2.28. The second-order valence-corrected chi connectivity index (χ2v) is 6.93. The summed E-state index contributed by atoms with van der Waals surface area (Å²) >= 11 is 1.91. The monoisotopic (exact) mass is 297 g/mol. The predicted molar refractivity (Wildman–Crippen MR) is 92.3 cm³/mol. The second kappa shape index (κ2) is 7.15. The Morgan fingerprint density at radius 3 is 2.14 bits per heavy atom. The van der Waals surface area contributed by atoms with Crippen molar-refractivity contribution in [2.45, 2.75) is 31.1 Å². The molecule has 0 aromatic heterocycles. The van der Waals surface area contributed by atoms with E-state index in [-0.39, 0.29) is 0 Å². The van der Waals surface area contributed by atoms with E-state index in [9.17, 15) is 0 Å². The molecule has 1 aliphatic heterocycles. The van der Waals surface area contributed by atoms with Gasteiger partial charge in [0.25, 0.3) is 0 Å². The Bertz CT molecular complexity index is 542. The van der Waals surface area contributed by atoms with Crippen LogP contribution >= 0.6 is 11.9 Å². The summed E-state index contributed by atoms with van der Waals surface area (Å²) < 4.78 is 2.52. The van der Waals surface area contributed by atoms with E-state index in [0.717, 1.165) is 5.92 Å². The maximum absolute atomic E-state index is 2.52. The maximum atomic E-state index is 2.52. The maximum Gasteiger partial charge on any atom is 0.0230 e. The summed E-state index contributed by atoms with van der Waals surface area (Å²) in [6, 6.07) is 19.5. The van der Waals surface area contributed by atoms with E-state index in [1.807, 2.05) is 11.9 Å². The van der Waals surface area contributed by atoms with Crippen molar-refractivity contribution in [2.75, 3.05) is 13.1 Å². The Kier molecular flexibility index (Phi) is 5.00. The topological polar surface area (TPSA) is 3.24 Å². The molecule has 0 N–H and O–H groups in total. The summed E-state index contributed by atoms with van der Waals surface area (Å²) in [5.41, 5.74) is 2.59. The first-order valence-electron chi connectivity index (χ1n) is 7.93. The minimum Gasteiger partial charge on any atom is -0.246 e. The van der Waals surface area contributed by atoms with Crippen LogP contribution in [0.25, 0.3) is 11.1 Å². The Hall–Kier alpha value is -1.25. The van der Waals surface area contributed by atoms with Gasteiger partial charge in [-0.25, -0.2) is 4.31 Å². The van der Waals surface area contributed by atoms with Crippen molar-refractivity contribution >= 4 is 11.9 Å². The van der Waals surface area contributed by atoms with Gasteiger partial charge < -0.3 is 0 Å². The van der Waals surface area contributed by atoms with Crippen molar-refractivity contribution in [3.63, 3.8) is 0 Å². The third kappa shape index (κ3) is 3.90. The molecule has 1 aliphatic rings. The van der Waals surface area contributed by atoms with Crippen LogP contribution < -0.4 is 0 Å². The number of hydrogen-bond donors (Lipinski definition) is 0. The van der Waals surface area contributed by atoms with E-state index in [2.05, 4.69) is 65.8 Å². The molecule has 0 amide bonds. The van der Waals surface area contributed by atoms with Crippen LogP contribution in [-0.2, 0) is 0 Å². The summed E-state index contributed by atoms with van der Waals surface area (Å²) in [6.07, 6.45) is 4.04. The number of hydrogen-bond acceptors (Lipinski definition) is 2. The molecule has 3 rings (SSSR count). The van der Waals surface area contributed by atoms with Crippen LogP contribution in [0.5, 0.6) is 0 Å². The van der Waals surface area contributed by atoms with E-state index in [0.29, 0.717) is 0 Å². The zero-order chi connectivity index (χ0) is 14.5. The summed E-state index contributed by atoms with van der Waals surface area (Å²) in [5.74, 6) is 0.947. The molecule has 0 unspecified atom stereocenters. The van der Waals surface area contributed by atoms with E-state index >= 15 is 0 Å². The lowest BCUT2D eigenvalue weighted by Gasteiger charge is -2.30. The molecular formula is C19H23NS. The van der Waals surface area contributed by atoms with E-state index in [1.165, 1.54) is 48.4 Å². The van der Waals surface area contributed by atoms with E-state index in [4.69, 9.17) is 0 Å². The quantitative estimate of drug-likeness (QED) is 0.687. The standard InChI is InChI=1S/C19H23NS/c1-2-16-12-14-20(15-13-16)21-19-10-8-18(9-11-19)17-6-4-3-5-7-17/h3-11,16H,2,12-15H2,1H3. The molecule has 2 aromatic carbocycles. The smallest absolute Gasteiger partial charge is 0.0230 e. The Morgan fingerprint density at radius 1 is 0.905 bits per heavy atom. The van der Waals surface area contributed by atoms with Gasteiger partial charge in [0.2, 0.25) is 0 Å². The van der Waals surface area contributed by atoms with Crippen LogP contribution in [0.1, 0.15) is 26.2 Å². The number of benzene rings is 2. The zero-order valence-corrected chi connectivity index (χ0v) is 13.5. The third-order valence-corrected chi connectivity index (χ3v) is 5.45. The molecule has 0 atom stereocenters. The highest BCUT2D eigenvalue weighted by atomic mass is 32.2. The van der Waals surface area contributed by atoms with Crippen molar-refractivity contribution < 1.29 is 0 Å². The lowest BCUT2D eigenvalue weighted by atomic mass is 9.96. The Balaban J connectivity index is 1.60. The molecule has 0 aliphatic carbocycles. The fraction of sp³-hybridized carbons (Fsp3) is 0.368. The first-order chi connectivity index (χ1) is 10.3. The molecule has 0 saturated carbocycles. The van der Waals surface area contributed by atoms with Gasteiger partial charge in [-0.05, 0) is 54.0 Å². The van der Waals surface area contributed by atoms with Gasteiger partial charge >= 0.3 is 0 Å². The van der Waals surface area contributed by atoms with Crippen molar-refractivity contribution in [1.29, 1.82) is 0 Å². The number of nitrogens with zero attached hydrogens (tertiary/aromatic N) is 1. The summed E-state index contributed by atoms with van der Waals surface area (Å²) in [7, 11) is 0. The molecular weight excluding hydrogens is 274 g/mol. The Morgan fingerprint density at radius 2 is 1.52 bits per heavy atom. The molecule has 0 radical (unpaired) electrons. The molecule has 0 bridgehead atoms. The van der Waals surface area contributed by atoms with Crippen LogP contribution in [0, 0.1) is 5.92 Å². The molecule has 1 heterocycles. The average molecular weight is 297 g/mol. The number of rotatable bonds is 4. The van der Waals surface area contributed by atoms with Gasteiger partial charge in [0.1, 0.15) is 0 Å². The van der Waals surface area contributed by atoms with Gasteiger partial charge in [-0.1, -0.05) is 55.8 Å². The molecule has 1 fully saturated rings. The van der Waals surface area contributed by atoms with Crippen LogP contribution in [0.2, 0.25) is 0 Å². The van der Waals surface area contributed by atoms with Gasteiger partial charge in [-0.15, -0.1) is 0 Å². The molecule has 2 aromatic rings. The molecule has 2 heteroatoms. The summed E-state index contributed by atoms with van der Waals surface area (Å²) in [5, 5.41) is 0. The second-order valence-electron chi connectivity index (χ2n) is 5.76. The SMILES string of the molecule is CCC1CCN(Sc2ccc(-c3ccccc3)cc2)CC1. The lowest BCUT2D eigenvalue weighted by molar-refractivity contribution is 0.286. The Labute approximate surface area is 132 Å². The molecule has 110 valence electrons. The number of piperidine rings is 1. The first kappa shape index (κ1) is 14.7. The minimum absolute atomic E-state index is 0.947. The van der Waals surface area contributed by atoms with Crippen molar-refractivity contribution in [1.82, 2.24) is 4.31 Å².